The van der Waals surface area contributed by atoms with E-state index in [4.69, 9.17) is 19.0 Å². The van der Waals surface area contributed by atoms with Crippen molar-refractivity contribution in [2.75, 3.05) is 25.2 Å². The molecule has 4 aromatic heterocycles. The summed E-state index contributed by atoms with van der Waals surface area (Å²) in [4.78, 5) is 33.4. The molecule has 1 saturated heterocycles. The summed E-state index contributed by atoms with van der Waals surface area (Å²) < 4.78 is 56.8. The molecule has 1 aliphatic rings. The number of nitrogens with zero attached hydrogens (tertiary/aromatic N) is 7. The van der Waals surface area contributed by atoms with Gasteiger partial charge in [0.25, 0.3) is 17.8 Å². The van der Waals surface area contributed by atoms with Gasteiger partial charge in [0.15, 0.2) is 11.8 Å². The number of phosphoric acid groups is 1. The van der Waals surface area contributed by atoms with E-state index < -0.39 is 24.6 Å². The van der Waals surface area contributed by atoms with Gasteiger partial charge in [0.1, 0.15) is 23.4 Å². The molecule has 0 bridgehead atoms. The maximum Gasteiger partial charge on any atom is 1.00 e. The molecule has 45 heavy (non-hydrogen) atoms. The van der Waals surface area contributed by atoms with E-state index in [1.807, 2.05) is 0 Å². The molecule has 5 aromatic rings. The van der Waals surface area contributed by atoms with Crippen molar-refractivity contribution in [3.05, 3.63) is 61.3 Å². The van der Waals surface area contributed by atoms with Crippen LogP contribution in [0.2, 0.25) is 0 Å². The van der Waals surface area contributed by atoms with Crippen LogP contribution < -0.4 is 74.1 Å². The number of imidazole rings is 1. The van der Waals surface area contributed by atoms with Crippen molar-refractivity contribution < 1.29 is 95.6 Å². The van der Waals surface area contributed by atoms with E-state index in [0.29, 0.717) is 47.4 Å². The normalized spacial score (nSPS) is 16.8. The van der Waals surface area contributed by atoms with Crippen LogP contribution in [0, 0.1) is 0 Å². The Morgan fingerprint density at radius 1 is 1.20 bits per heavy atom. The number of ether oxygens (including phenoxy) is 1. The molecular formula is C25H26N8Na2O8PS+. The second-order valence-electron chi connectivity index (χ2n) is 9.69. The largest absolute Gasteiger partial charge is 1.00 e. The average Bonchev–Trinajstić information content (AvgIpc) is 3.69. The van der Waals surface area contributed by atoms with Crippen LogP contribution in [0.1, 0.15) is 12.8 Å². The van der Waals surface area contributed by atoms with Crippen molar-refractivity contribution in [1.29, 1.82) is 0 Å². The van der Waals surface area contributed by atoms with Gasteiger partial charge in [0, 0.05) is 50.3 Å². The Labute approximate surface area is 302 Å². The second-order valence-corrected chi connectivity index (χ2v) is 12.8. The number of aryl methyl sites for hydroxylation is 1. The minimum absolute atomic E-state index is 0. The summed E-state index contributed by atoms with van der Waals surface area (Å²) in [6.07, 6.45) is 7.74. The first-order valence-electron chi connectivity index (χ1n) is 13.0. The van der Waals surface area contributed by atoms with E-state index in [1.54, 1.807) is 60.4 Å². The second kappa shape index (κ2) is 14.8. The molecule has 226 valence electrons. The minimum Gasteiger partial charge on any atom is -0.756 e. The summed E-state index contributed by atoms with van der Waals surface area (Å²) in [5.41, 5.74) is 2.20. The molecule has 0 aliphatic carbocycles. The number of sulfonamides is 1. The van der Waals surface area contributed by atoms with E-state index >= 15 is 0 Å². The zero-order chi connectivity index (χ0) is 30.2. The number of hydrogen-bond donors (Lipinski definition) is 2. The number of anilines is 1. The van der Waals surface area contributed by atoms with Gasteiger partial charge in [-0.2, -0.15) is 14.4 Å². The van der Waals surface area contributed by atoms with E-state index in [1.165, 1.54) is 21.3 Å². The molecule has 6 rings (SSSR count). The number of phosphoric ester groups is 1. The number of hydrogen-bond acceptors (Lipinski definition) is 12. The molecule has 1 aliphatic heterocycles. The van der Waals surface area contributed by atoms with Crippen LogP contribution in [-0.4, -0.2) is 72.7 Å². The van der Waals surface area contributed by atoms with E-state index in [9.17, 15) is 17.9 Å². The minimum atomic E-state index is -4.93. The van der Waals surface area contributed by atoms with E-state index in [2.05, 4.69) is 24.9 Å². The summed E-state index contributed by atoms with van der Waals surface area (Å²) >= 11 is 0. The monoisotopic (exact) mass is 675 g/mol. The quantitative estimate of drug-likeness (QED) is 0.0822. The zero-order valence-electron chi connectivity index (χ0n) is 24.7. The third-order valence-corrected chi connectivity index (χ3v) is 8.91. The zero-order valence-corrected chi connectivity index (χ0v) is 30.4. The molecule has 0 spiro atoms. The van der Waals surface area contributed by atoms with Gasteiger partial charge in [0.2, 0.25) is 5.95 Å². The fourth-order valence-corrected chi connectivity index (χ4v) is 6.47. The van der Waals surface area contributed by atoms with Crippen molar-refractivity contribution in [1.82, 2.24) is 33.4 Å². The Hall–Kier alpha value is -2.12. The summed E-state index contributed by atoms with van der Waals surface area (Å²) in [6.45, 7) is -0.0897. The van der Waals surface area contributed by atoms with Crippen LogP contribution in [0.5, 0.6) is 5.75 Å². The first kappa shape index (κ1) is 35.7. The molecule has 2 unspecified atom stereocenters. The average molecular weight is 676 g/mol. The number of aromatic nitrogens is 6. The Kier molecular flexibility index (Phi) is 11.7. The molecule has 1 fully saturated rings. The third kappa shape index (κ3) is 8.25. The standard InChI is InChI=1S/C25H27N8O8PS.2Na/c1-31-11-8-21(30-31)43(37,38)32-10-3-5-18(15-32)27-24-26-9-7-20(28-24)23-22(29-25-33(23)12-13-39-25)17-4-2-6-19(14-17)40-16-41-42(34,35)36;;/h2,4,6-9,11-14,18H,3,5,10,15-16H2,1H3,(H,26,27,28)(H2,34,35,36);;/q;2*+1/p-1. The Bertz CT molecular complexity index is 1930. The molecule has 2 atom stereocenters. The summed E-state index contributed by atoms with van der Waals surface area (Å²) in [5, 5.41) is 7.35. The van der Waals surface area contributed by atoms with Crippen LogP contribution >= 0.6 is 7.82 Å². The summed E-state index contributed by atoms with van der Waals surface area (Å²) in [7, 11) is -7.01. The van der Waals surface area contributed by atoms with Crippen LogP contribution in [0.4, 0.5) is 5.95 Å². The topological polar surface area (TPSA) is 202 Å². The van der Waals surface area contributed by atoms with E-state index in [0.717, 1.165) is 6.42 Å². The number of rotatable bonds is 10. The van der Waals surface area contributed by atoms with Crippen molar-refractivity contribution in [3.63, 3.8) is 0 Å². The van der Waals surface area contributed by atoms with Gasteiger partial charge in [-0.15, -0.1) is 0 Å². The molecule has 5 heterocycles. The van der Waals surface area contributed by atoms with Crippen LogP contribution in [-0.2, 0) is 26.2 Å². The smallest absolute Gasteiger partial charge is 0.756 e. The van der Waals surface area contributed by atoms with Gasteiger partial charge in [-0.1, -0.05) is 12.1 Å². The first-order chi connectivity index (χ1) is 20.6. The van der Waals surface area contributed by atoms with Gasteiger partial charge in [-0.3, -0.25) is 18.2 Å². The first-order valence-corrected chi connectivity index (χ1v) is 16.0. The SMILES string of the molecule is Cn1ccc(S(=O)(=O)N2CCCC(Nc3nccc(-c4c(-c5cccc(OCOP(=O)([O-])O)c5)nc5occn45)n3)C2)n1.[Na+].[Na+]. The van der Waals surface area contributed by atoms with Crippen molar-refractivity contribution >= 4 is 29.6 Å². The van der Waals surface area contributed by atoms with Gasteiger partial charge < -0.3 is 24.3 Å². The maximum absolute atomic E-state index is 13.1. The van der Waals surface area contributed by atoms with Gasteiger partial charge >= 0.3 is 65.0 Å². The number of nitrogens with one attached hydrogen (secondary N) is 1. The Morgan fingerprint density at radius 3 is 2.78 bits per heavy atom. The molecule has 1 aromatic carbocycles. The third-order valence-electron chi connectivity index (χ3n) is 6.72. The predicted octanol–water partition coefficient (Wildman–Crippen LogP) is -4.13. The van der Waals surface area contributed by atoms with Gasteiger partial charge in [0.05, 0.1) is 5.69 Å². The molecule has 0 amide bonds. The van der Waals surface area contributed by atoms with Crippen LogP contribution in [0.3, 0.4) is 0 Å². The number of piperidine rings is 1. The molecular weight excluding hydrogens is 649 g/mol. The van der Waals surface area contributed by atoms with Crippen molar-refractivity contribution in [2.24, 2.45) is 7.05 Å². The van der Waals surface area contributed by atoms with E-state index in [-0.39, 0.29) is 82.5 Å². The molecule has 20 heteroatoms. The number of oxazole rings is 1. The van der Waals surface area contributed by atoms with Crippen molar-refractivity contribution in [3.8, 4) is 28.4 Å². The molecule has 0 saturated carbocycles. The van der Waals surface area contributed by atoms with Crippen LogP contribution in [0.25, 0.3) is 28.5 Å². The van der Waals surface area contributed by atoms with Crippen LogP contribution in [0.15, 0.2) is 70.7 Å². The van der Waals surface area contributed by atoms with Gasteiger partial charge in [-0.25, -0.2) is 18.4 Å². The Balaban J connectivity index is 0.00000230. The molecule has 2 N–H and O–H groups in total. The van der Waals surface area contributed by atoms with Gasteiger partial charge in [-0.05, 0) is 37.1 Å². The number of benzene rings is 1. The number of fused-ring (bicyclic) bond motifs is 1. The maximum atomic E-state index is 13.1. The molecule has 0 radical (unpaired) electrons. The summed E-state index contributed by atoms with van der Waals surface area (Å²) in [5.74, 6) is 0.890. The Morgan fingerprint density at radius 2 is 2.02 bits per heavy atom. The summed E-state index contributed by atoms with van der Waals surface area (Å²) in [6, 6.07) is 9.64. The fraction of sp³-hybridized carbons (Fsp3) is 0.280. The predicted molar refractivity (Wildman–Crippen MR) is 149 cm³/mol. The fourth-order valence-electron chi connectivity index (χ4n) is 4.81. The van der Waals surface area contributed by atoms with Crippen molar-refractivity contribution in [2.45, 2.75) is 23.9 Å². The molecule has 16 nitrogen and oxygen atoms in total.